The Labute approximate surface area is 109 Å². The molecule has 4 heteroatoms. The third-order valence-electron chi connectivity index (χ3n) is 2.87. The molecule has 0 aliphatic heterocycles. The smallest absolute Gasteiger partial charge is 0.168 e. The highest BCUT2D eigenvalue weighted by molar-refractivity contribution is 7.81. The number of hydrogen-bond donors (Lipinski definition) is 1. The van der Waals surface area contributed by atoms with E-state index in [-0.39, 0.29) is 4.75 Å². The van der Waals surface area contributed by atoms with Crippen molar-refractivity contribution in [2.24, 2.45) is 0 Å². The van der Waals surface area contributed by atoms with E-state index in [1.165, 1.54) is 12.1 Å². The van der Waals surface area contributed by atoms with Gasteiger partial charge in [-0.2, -0.15) is 25.8 Å². The van der Waals surface area contributed by atoms with E-state index >= 15 is 0 Å². The van der Waals surface area contributed by atoms with Crippen LogP contribution in [0.15, 0.2) is 36.4 Å². The summed E-state index contributed by atoms with van der Waals surface area (Å²) in [6.45, 7) is 3.82. The maximum Gasteiger partial charge on any atom is 0.416 e. The summed E-state index contributed by atoms with van der Waals surface area (Å²) in [5, 5.41) is 1.38. The van der Waals surface area contributed by atoms with Crippen molar-refractivity contribution in [1.29, 1.82) is 0 Å². The van der Waals surface area contributed by atoms with E-state index in [9.17, 15) is 13.2 Å². The lowest BCUT2D eigenvalue weighted by molar-refractivity contribution is -0.137. The molecule has 0 spiro atoms. The predicted octanol–water partition coefficient (Wildman–Crippen LogP) is 5.02. The molecule has 0 radical (unpaired) electrons. The molecule has 0 aliphatic rings. The monoisotopic (exact) mass is 270 g/mol. The summed E-state index contributed by atoms with van der Waals surface area (Å²) in [5.41, 5.74) is 0.279. The molecule has 2 aromatic carbocycles. The zero-order chi connectivity index (χ0) is 13.6. The molecule has 0 unspecified atom stereocenters. The molecule has 0 N–H and O–H groups in total. The predicted molar refractivity (Wildman–Crippen MR) is 71.0 cm³/mol. The molecule has 0 bridgehead atoms. The van der Waals surface area contributed by atoms with Gasteiger partial charge in [0.05, 0.1) is 5.56 Å². The summed E-state index contributed by atoms with van der Waals surface area (Å²) in [6, 6.07) is 9.25. The molecule has 0 aliphatic carbocycles. The van der Waals surface area contributed by atoms with Gasteiger partial charge in [-0.1, -0.05) is 18.2 Å². The highest BCUT2D eigenvalue weighted by Gasteiger charge is 2.30. The van der Waals surface area contributed by atoms with E-state index in [1.54, 1.807) is 6.07 Å². The van der Waals surface area contributed by atoms with Crippen LogP contribution in [0.1, 0.15) is 25.0 Å². The fourth-order valence-corrected chi connectivity index (χ4v) is 1.94. The minimum Gasteiger partial charge on any atom is -0.168 e. The van der Waals surface area contributed by atoms with Crippen molar-refractivity contribution in [1.82, 2.24) is 0 Å². The summed E-state index contributed by atoms with van der Waals surface area (Å²) >= 11 is 4.43. The van der Waals surface area contributed by atoms with Crippen molar-refractivity contribution in [3.05, 3.63) is 47.5 Å². The lowest BCUT2D eigenvalue weighted by Gasteiger charge is -2.18. The zero-order valence-corrected chi connectivity index (χ0v) is 10.9. The zero-order valence-electron chi connectivity index (χ0n) is 10.0. The lowest BCUT2D eigenvalue weighted by Crippen LogP contribution is -2.07. The highest BCUT2D eigenvalue weighted by Crippen LogP contribution is 2.34. The van der Waals surface area contributed by atoms with E-state index in [0.717, 1.165) is 17.0 Å². The fraction of sp³-hybridized carbons (Fsp3) is 0.286. The van der Waals surface area contributed by atoms with Gasteiger partial charge in [-0.05, 0) is 48.4 Å². The lowest BCUT2D eigenvalue weighted by atomic mass is 9.97. The van der Waals surface area contributed by atoms with Crippen LogP contribution in [-0.2, 0) is 10.9 Å². The number of thiol groups is 1. The van der Waals surface area contributed by atoms with E-state index < -0.39 is 11.7 Å². The maximum atomic E-state index is 12.6. The first-order chi connectivity index (χ1) is 8.18. The van der Waals surface area contributed by atoms with Crippen LogP contribution in [0.2, 0.25) is 0 Å². The summed E-state index contributed by atoms with van der Waals surface area (Å²) in [6.07, 6.45) is -4.30. The Morgan fingerprint density at radius 3 is 1.83 bits per heavy atom. The van der Waals surface area contributed by atoms with Crippen LogP contribution in [0.4, 0.5) is 13.2 Å². The average Bonchev–Trinajstić information content (AvgIpc) is 2.25. The number of hydrogen-bond acceptors (Lipinski definition) is 1. The second-order valence-corrected chi connectivity index (χ2v) is 5.95. The number of halogens is 3. The van der Waals surface area contributed by atoms with Crippen molar-refractivity contribution in [3.63, 3.8) is 0 Å². The summed E-state index contributed by atoms with van der Waals surface area (Å²) in [7, 11) is 0. The number of alkyl halides is 3. The van der Waals surface area contributed by atoms with Gasteiger partial charge < -0.3 is 0 Å². The summed E-state index contributed by atoms with van der Waals surface area (Å²) in [4.78, 5) is 0. The van der Waals surface area contributed by atoms with Crippen LogP contribution in [0.25, 0.3) is 10.8 Å². The van der Waals surface area contributed by atoms with Crippen molar-refractivity contribution >= 4 is 23.4 Å². The molecule has 0 aromatic heterocycles. The quantitative estimate of drug-likeness (QED) is 0.691. The van der Waals surface area contributed by atoms with E-state index in [0.29, 0.717) is 5.39 Å². The molecule has 0 saturated carbocycles. The Morgan fingerprint density at radius 2 is 1.33 bits per heavy atom. The SMILES string of the molecule is CC(C)(S)c1ccc2ccc(C(F)(F)F)cc2c1. The largest absolute Gasteiger partial charge is 0.416 e. The van der Waals surface area contributed by atoms with Gasteiger partial charge >= 0.3 is 6.18 Å². The normalized spacial score (nSPS) is 13.0. The Balaban J connectivity index is 2.61. The Bertz CT molecular complexity index is 531. The van der Waals surface area contributed by atoms with Crippen molar-refractivity contribution < 1.29 is 13.2 Å². The molecule has 0 atom stereocenters. The first-order valence-corrected chi connectivity index (χ1v) is 5.96. The van der Waals surface area contributed by atoms with Gasteiger partial charge in [-0.15, -0.1) is 0 Å². The topological polar surface area (TPSA) is 0 Å². The molecule has 0 saturated heterocycles. The first kappa shape index (κ1) is 13.3. The maximum absolute atomic E-state index is 12.6. The standard InChI is InChI=1S/C14H13F3S/c1-13(2,18)11-5-3-9-4-6-12(14(15,16)17)8-10(9)7-11/h3-8,18H,1-2H3. The highest BCUT2D eigenvalue weighted by atomic mass is 32.1. The Kier molecular flexibility index (Phi) is 3.09. The van der Waals surface area contributed by atoms with Crippen LogP contribution < -0.4 is 0 Å². The third kappa shape index (κ3) is 2.64. The summed E-state index contributed by atoms with van der Waals surface area (Å²) < 4.78 is 37.5. The molecule has 2 aromatic rings. The van der Waals surface area contributed by atoms with Crippen molar-refractivity contribution in [2.45, 2.75) is 24.8 Å². The molecular weight excluding hydrogens is 257 g/mol. The van der Waals surface area contributed by atoms with Crippen LogP contribution >= 0.6 is 12.6 Å². The van der Waals surface area contributed by atoms with Gasteiger partial charge in [-0.25, -0.2) is 0 Å². The number of rotatable bonds is 1. The van der Waals surface area contributed by atoms with Crippen LogP contribution in [0, 0.1) is 0 Å². The molecular formula is C14H13F3S. The van der Waals surface area contributed by atoms with E-state index in [2.05, 4.69) is 12.6 Å². The number of benzene rings is 2. The minimum absolute atomic E-state index is 0.373. The van der Waals surface area contributed by atoms with Gasteiger partial charge in [-0.3, -0.25) is 0 Å². The van der Waals surface area contributed by atoms with Gasteiger partial charge in [0, 0.05) is 4.75 Å². The van der Waals surface area contributed by atoms with E-state index in [1.807, 2.05) is 26.0 Å². The second kappa shape index (κ2) is 4.19. The fourth-order valence-electron chi connectivity index (χ4n) is 1.80. The average molecular weight is 270 g/mol. The van der Waals surface area contributed by atoms with Crippen LogP contribution in [0.5, 0.6) is 0 Å². The number of fused-ring (bicyclic) bond motifs is 1. The molecule has 2 rings (SSSR count). The van der Waals surface area contributed by atoms with Gasteiger partial charge in [0.2, 0.25) is 0 Å². The van der Waals surface area contributed by atoms with Crippen LogP contribution in [-0.4, -0.2) is 0 Å². The molecule has 18 heavy (non-hydrogen) atoms. The van der Waals surface area contributed by atoms with Crippen molar-refractivity contribution in [2.75, 3.05) is 0 Å². The third-order valence-corrected chi connectivity index (χ3v) is 3.13. The molecule has 96 valence electrons. The van der Waals surface area contributed by atoms with Gasteiger partial charge in [0.1, 0.15) is 0 Å². The first-order valence-electron chi connectivity index (χ1n) is 5.52. The second-order valence-electron chi connectivity index (χ2n) is 4.83. The summed E-state index contributed by atoms with van der Waals surface area (Å²) in [5.74, 6) is 0. The van der Waals surface area contributed by atoms with Gasteiger partial charge in [0.15, 0.2) is 0 Å². The molecule has 0 amide bonds. The van der Waals surface area contributed by atoms with E-state index in [4.69, 9.17) is 0 Å². The molecule has 0 nitrogen and oxygen atoms in total. The Morgan fingerprint density at radius 1 is 0.833 bits per heavy atom. The van der Waals surface area contributed by atoms with Gasteiger partial charge in [0.25, 0.3) is 0 Å². The van der Waals surface area contributed by atoms with Crippen LogP contribution in [0.3, 0.4) is 0 Å². The molecule has 0 heterocycles. The Hall–Kier alpha value is -1.16. The van der Waals surface area contributed by atoms with Crippen molar-refractivity contribution in [3.8, 4) is 0 Å². The minimum atomic E-state index is -4.30. The molecule has 0 fully saturated rings.